The van der Waals surface area contributed by atoms with Crippen LogP contribution in [-0.4, -0.2) is 38.0 Å². The lowest BCUT2D eigenvalue weighted by molar-refractivity contribution is -0.122. The highest BCUT2D eigenvalue weighted by molar-refractivity contribution is 5.76. The number of hydrogen-bond donors (Lipinski definition) is 2. The average molecular weight is 295 g/mol. The van der Waals surface area contributed by atoms with Gasteiger partial charge >= 0.3 is 0 Å². The molecule has 0 saturated heterocycles. The largest absolute Gasteiger partial charge is 0.468 e. The fraction of sp³-hybridized carbons (Fsp3) is 0.688. The van der Waals surface area contributed by atoms with Crippen molar-refractivity contribution in [2.24, 2.45) is 17.6 Å². The van der Waals surface area contributed by atoms with Crippen LogP contribution >= 0.6 is 0 Å². The van der Waals surface area contributed by atoms with E-state index >= 15 is 0 Å². The third-order valence-corrected chi connectivity index (χ3v) is 3.60. The number of nitrogens with zero attached hydrogens (tertiary/aromatic N) is 1. The van der Waals surface area contributed by atoms with Gasteiger partial charge in [0.1, 0.15) is 5.76 Å². The highest BCUT2D eigenvalue weighted by Gasteiger charge is 2.19. The van der Waals surface area contributed by atoms with Crippen molar-refractivity contribution < 1.29 is 9.21 Å². The minimum absolute atomic E-state index is 0.0466. The fourth-order valence-electron chi connectivity index (χ4n) is 2.49. The molecule has 21 heavy (non-hydrogen) atoms. The molecule has 0 aliphatic carbocycles. The number of furan rings is 1. The van der Waals surface area contributed by atoms with Gasteiger partial charge in [0.25, 0.3) is 0 Å². The van der Waals surface area contributed by atoms with E-state index in [1.165, 1.54) is 0 Å². The van der Waals surface area contributed by atoms with Crippen LogP contribution in [0.1, 0.15) is 38.5 Å². The van der Waals surface area contributed by atoms with E-state index in [4.69, 9.17) is 10.2 Å². The summed E-state index contributed by atoms with van der Waals surface area (Å²) in [5.74, 6) is 1.73. The molecule has 1 heterocycles. The molecule has 0 aliphatic rings. The van der Waals surface area contributed by atoms with Crippen LogP contribution in [0, 0.1) is 11.8 Å². The summed E-state index contributed by atoms with van der Waals surface area (Å²) in [6.07, 6.45) is 3.13. The zero-order valence-electron chi connectivity index (χ0n) is 13.6. The standard InChI is InChI=1S/C16H29N3O2/c1-12(2)8-13(10-17)9-16(20)18-11-14(19(3)4)15-6-5-7-21-15/h5-7,12-14H,8-11,17H2,1-4H3,(H,18,20). The first-order chi connectivity index (χ1) is 9.93. The number of rotatable bonds is 9. The van der Waals surface area contributed by atoms with Crippen LogP contribution in [0.25, 0.3) is 0 Å². The summed E-state index contributed by atoms with van der Waals surface area (Å²) in [6, 6.07) is 3.84. The summed E-state index contributed by atoms with van der Waals surface area (Å²) >= 11 is 0. The van der Waals surface area contributed by atoms with Crippen LogP contribution in [0.3, 0.4) is 0 Å². The van der Waals surface area contributed by atoms with E-state index in [0.717, 1.165) is 12.2 Å². The molecule has 0 bridgehead atoms. The number of nitrogens with one attached hydrogen (secondary N) is 1. The van der Waals surface area contributed by atoms with E-state index in [1.54, 1.807) is 6.26 Å². The molecular formula is C16H29N3O2. The number of nitrogens with two attached hydrogens (primary N) is 1. The Morgan fingerprint density at radius 3 is 2.62 bits per heavy atom. The molecule has 1 aromatic heterocycles. The van der Waals surface area contributed by atoms with Gasteiger partial charge in [-0.25, -0.2) is 0 Å². The summed E-state index contributed by atoms with van der Waals surface area (Å²) in [7, 11) is 3.95. The number of likely N-dealkylation sites (N-methyl/N-ethyl adjacent to an activating group) is 1. The molecular weight excluding hydrogens is 266 g/mol. The Morgan fingerprint density at radius 2 is 2.14 bits per heavy atom. The Bertz CT molecular complexity index is 402. The normalized spacial score (nSPS) is 14.4. The maximum absolute atomic E-state index is 12.1. The predicted octanol–water partition coefficient (Wildman–Crippen LogP) is 2.01. The van der Waals surface area contributed by atoms with Crippen LogP contribution < -0.4 is 11.1 Å². The van der Waals surface area contributed by atoms with Crippen LogP contribution in [0.4, 0.5) is 0 Å². The quantitative estimate of drug-likeness (QED) is 0.731. The van der Waals surface area contributed by atoms with E-state index in [9.17, 15) is 4.79 Å². The van der Waals surface area contributed by atoms with Gasteiger partial charge in [-0.1, -0.05) is 13.8 Å². The molecule has 1 rings (SSSR count). The smallest absolute Gasteiger partial charge is 0.220 e. The molecule has 2 unspecified atom stereocenters. The molecule has 1 aromatic rings. The van der Waals surface area contributed by atoms with Crippen LogP contribution in [-0.2, 0) is 4.79 Å². The van der Waals surface area contributed by atoms with Gasteiger partial charge in [0.15, 0.2) is 0 Å². The maximum atomic E-state index is 12.1. The Balaban J connectivity index is 2.46. The Hall–Kier alpha value is -1.33. The van der Waals surface area contributed by atoms with Gasteiger partial charge in [0, 0.05) is 13.0 Å². The highest BCUT2D eigenvalue weighted by Crippen LogP contribution is 2.18. The summed E-state index contributed by atoms with van der Waals surface area (Å²) in [5.41, 5.74) is 5.75. The lowest BCUT2D eigenvalue weighted by Crippen LogP contribution is -2.36. The SMILES string of the molecule is CC(C)CC(CN)CC(=O)NCC(c1ccco1)N(C)C. The van der Waals surface area contributed by atoms with Crippen molar-refractivity contribution in [1.29, 1.82) is 0 Å². The van der Waals surface area contributed by atoms with Crippen molar-refractivity contribution in [3.8, 4) is 0 Å². The topological polar surface area (TPSA) is 71.5 Å². The second-order valence-electron chi connectivity index (χ2n) is 6.23. The molecule has 0 aliphatic heterocycles. The van der Waals surface area contributed by atoms with E-state index in [0.29, 0.717) is 25.4 Å². The Labute approximate surface area is 127 Å². The molecule has 0 aromatic carbocycles. The van der Waals surface area contributed by atoms with Crippen molar-refractivity contribution in [1.82, 2.24) is 10.2 Å². The molecule has 0 spiro atoms. The summed E-state index contributed by atoms with van der Waals surface area (Å²) in [4.78, 5) is 14.1. The van der Waals surface area contributed by atoms with Crippen LogP contribution in [0.2, 0.25) is 0 Å². The van der Waals surface area contributed by atoms with E-state index in [1.807, 2.05) is 31.1 Å². The number of hydrogen-bond acceptors (Lipinski definition) is 4. The second kappa shape index (κ2) is 8.85. The molecule has 5 heteroatoms. The zero-order valence-corrected chi connectivity index (χ0v) is 13.6. The van der Waals surface area contributed by atoms with Gasteiger partial charge in [-0.05, 0) is 51.0 Å². The molecule has 1 amide bonds. The minimum Gasteiger partial charge on any atom is -0.468 e. The van der Waals surface area contributed by atoms with Crippen molar-refractivity contribution in [2.75, 3.05) is 27.2 Å². The molecule has 3 N–H and O–H groups in total. The first kappa shape index (κ1) is 17.7. The fourth-order valence-corrected chi connectivity index (χ4v) is 2.49. The lowest BCUT2D eigenvalue weighted by Gasteiger charge is -2.23. The zero-order chi connectivity index (χ0) is 15.8. The average Bonchev–Trinajstić information content (AvgIpc) is 2.91. The summed E-state index contributed by atoms with van der Waals surface area (Å²) in [6.45, 7) is 5.40. The third-order valence-electron chi connectivity index (χ3n) is 3.60. The minimum atomic E-state index is 0.0466. The van der Waals surface area contributed by atoms with Gasteiger partial charge in [0.05, 0.1) is 12.3 Å². The lowest BCUT2D eigenvalue weighted by atomic mass is 9.94. The molecule has 0 fully saturated rings. The van der Waals surface area contributed by atoms with Gasteiger partial charge in [-0.3, -0.25) is 9.69 Å². The molecule has 5 nitrogen and oxygen atoms in total. The van der Waals surface area contributed by atoms with Crippen molar-refractivity contribution in [3.63, 3.8) is 0 Å². The third kappa shape index (κ3) is 6.31. The molecule has 2 atom stereocenters. The second-order valence-corrected chi connectivity index (χ2v) is 6.23. The number of carbonyl (C=O) groups excluding carboxylic acids is 1. The van der Waals surface area contributed by atoms with Crippen molar-refractivity contribution in [2.45, 2.75) is 32.7 Å². The predicted molar refractivity (Wildman–Crippen MR) is 84.8 cm³/mol. The van der Waals surface area contributed by atoms with Gasteiger partial charge in [-0.15, -0.1) is 0 Å². The van der Waals surface area contributed by atoms with Gasteiger partial charge in [0.2, 0.25) is 5.91 Å². The van der Waals surface area contributed by atoms with Gasteiger partial charge < -0.3 is 15.5 Å². The van der Waals surface area contributed by atoms with Crippen LogP contribution in [0.5, 0.6) is 0 Å². The van der Waals surface area contributed by atoms with E-state index in [-0.39, 0.29) is 17.9 Å². The van der Waals surface area contributed by atoms with Crippen molar-refractivity contribution >= 4 is 5.91 Å². The monoisotopic (exact) mass is 295 g/mol. The van der Waals surface area contributed by atoms with E-state index in [2.05, 4.69) is 19.2 Å². The van der Waals surface area contributed by atoms with E-state index < -0.39 is 0 Å². The first-order valence-electron chi connectivity index (χ1n) is 7.60. The summed E-state index contributed by atoms with van der Waals surface area (Å²) in [5, 5.41) is 2.99. The first-order valence-corrected chi connectivity index (χ1v) is 7.60. The Kier molecular flexibility index (Phi) is 7.47. The molecule has 0 radical (unpaired) electrons. The Morgan fingerprint density at radius 1 is 1.43 bits per heavy atom. The van der Waals surface area contributed by atoms with Gasteiger partial charge in [-0.2, -0.15) is 0 Å². The summed E-state index contributed by atoms with van der Waals surface area (Å²) < 4.78 is 5.43. The number of amides is 1. The molecule has 120 valence electrons. The molecule has 0 saturated carbocycles. The van der Waals surface area contributed by atoms with Crippen LogP contribution in [0.15, 0.2) is 22.8 Å². The maximum Gasteiger partial charge on any atom is 0.220 e. The number of carbonyl (C=O) groups is 1. The highest BCUT2D eigenvalue weighted by atomic mass is 16.3. The van der Waals surface area contributed by atoms with Crippen molar-refractivity contribution in [3.05, 3.63) is 24.2 Å².